The summed E-state index contributed by atoms with van der Waals surface area (Å²) in [5.41, 5.74) is -0.0980. The molecule has 2 N–H and O–H groups in total. The fourth-order valence-corrected chi connectivity index (χ4v) is 1.69. The summed E-state index contributed by atoms with van der Waals surface area (Å²) in [4.78, 5) is 4.07. The van der Waals surface area contributed by atoms with Crippen molar-refractivity contribution < 1.29 is 9.84 Å². The molecule has 1 aromatic rings. The highest BCUT2D eigenvalue weighted by Gasteiger charge is 2.23. The molecule has 1 heterocycles. The summed E-state index contributed by atoms with van der Waals surface area (Å²) in [6.45, 7) is 7.88. The van der Waals surface area contributed by atoms with Crippen molar-refractivity contribution in [3.63, 3.8) is 0 Å². The lowest BCUT2D eigenvalue weighted by molar-refractivity contribution is 0.0472. The number of ether oxygens (including phenoxy) is 1. The molecular weight excluding hydrogens is 228 g/mol. The van der Waals surface area contributed by atoms with Gasteiger partial charge in [0.1, 0.15) is 5.75 Å². The van der Waals surface area contributed by atoms with Gasteiger partial charge in [-0.3, -0.25) is 4.98 Å². The first-order chi connectivity index (χ1) is 8.45. The van der Waals surface area contributed by atoms with Crippen molar-refractivity contribution in [1.29, 1.82) is 0 Å². The van der Waals surface area contributed by atoms with Gasteiger partial charge in [0.15, 0.2) is 0 Å². The predicted octanol–water partition coefficient (Wildman–Crippen LogP) is 1.93. The highest BCUT2D eigenvalue weighted by Crippen LogP contribution is 2.25. The number of aliphatic hydroxyl groups is 1. The van der Waals surface area contributed by atoms with E-state index in [9.17, 15) is 5.11 Å². The van der Waals surface area contributed by atoms with Crippen LogP contribution < -0.4 is 10.1 Å². The molecule has 4 nitrogen and oxygen atoms in total. The van der Waals surface area contributed by atoms with Crippen LogP contribution in [0.25, 0.3) is 0 Å². The summed E-state index contributed by atoms with van der Waals surface area (Å²) in [6, 6.07) is 1.83. The average Bonchev–Trinajstić information content (AvgIpc) is 2.34. The van der Waals surface area contributed by atoms with Crippen molar-refractivity contribution >= 4 is 0 Å². The summed E-state index contributed by atoms with van der Waals surface area (Å²) in [5.74, 6) is 1.29. The third kappa shape index (κ3) is 4.63. The SMILES string of the molecule is COc1cncc(C(C)(O)CCNCC(C)C)c1. The van der Waals surface area contributed by atoms with Gasteiger partial charge >= 0.3 is 0 Å². The molecule has 102 valence electrons. The number of nitrogens with one attached hydrogen (secondary N) is 1. The molecule has 1 rings (SSSR count). The van der Waals surface area contributed by atoms with E-state index in [2.05, 4.69) is 24.1 Å². The van der Waals surface area contributed by atoms with Gasteiger partial charge in [0.05, 0.1) is 18.9 Å². The number of hydrogen-bond acceptors (Lipinski definition) is 4. The Morgan fingerprint density at radius 2 is 2.17 bits per heavy atom. The Bertz CT molecular complexity index is 365. The second kappa shape index (κ2) is 6.71. The van der Waals surface area contributed by atoms with E-state index in [4.69, 9.17) is 4.74 Å². The first-order valence-corrected chi connectivity index (χ1v) is 6.38. The molecule has 0 aliphatic heterocycles. The number of rotatable bonds is 7. The smallest absolute Gasteiger partial charge is 0.137 e. The molecule has 0 aromatic carbocycles. The van der Waals surface area contributed by atoms with Crippen LogP contribution in [0.1, 0.15) is 32.8 Å². The predicted molar refractivity (Wildman–Crippen MR) is 72.7 cm³/mol. The Balaban J connectivity index is 2.56. The molecule has 0 aliphatic carbocycles. The van der Waals surface area contributed by atoms with Crippen LogP contribution in [0.2, 0.25) is 0 Å². The number of aromatic nitrogens is 1. The monoisotopic (exact) mass is 252 g/mol. The van der Waals surface area contributed by atoms with Gasteiger partial charge in [-0.1, -0.05) is 13.8 Å². The lowest BCUT2D eigenvalue weighted by atomic mass is 9.94. The van der Waals surface area contributed by atoms with Gasteiger partial charge in [0.2, 0.25) is 0 Å². The zero-order chi connectivity index (χ0) is 13.6. The fraction of sp³-hybridized carbons (Fsp3) is 0.643. The lowest BCUT2D eigenvalue weighted by Gasteiger charge is -2.24. The van der Waals surface area contributed by atoms with Crippen LogP contribution in [0, 0.1) is 5.92 Å². The number of methoxy groups -OCH3 is 1. The summed E-state index contributed by atoms with van der Waals surface area (Å²) in [5, 5.41) is 13.8. The quantitative estimate of drug-likeness (QED) is 0.728. The minimum Gasteiger partial charge on any atom is -0.495 e. The summed E-state index contributed by atoms with van der Waals surface area (Å²) in [7, 11) is 1.60. The average molecular weight is 252 g/mol. The zero-order valence-electron chi connectivity index (χ0n) is 11.7. The molecule has 18 heavy (non-hydrogen) atoms. The molecule has 0 saturated carbocycles. The van der Waals surface area contributed by atoms with Crippen molar-refractivity contribution in [2.24, 2.45) is 5.92 Å². The minimum absolute atomic E-state index is 0.619. The highest BCUT2D eigenvalue weighted by molar-refractivity contribution is 5.27. The maximum Gasteiger partial charge on any atom is 0.137 e. The second-order valence-electron chi connectivity index (χ2n) is 5.24. The number of pyridine rings is 1. The van der Waals surface area contributed by atoms with Gasteiger partial charge in [-0.2, -0.15) is 0 Å². The summed E-state index contributed by atoms with van der Waals surface area (Å²) >= 11 is 0. The van der Waals surface area contributed by atoms with Crippen LogP contribution in [-0.2, 0) is 5.60 Å². The van der Waals surface area contributed by atoms with E-state index in [0.29, 0.717) is 18.1 Å². The largest absolute Gasteiger partial charge is 0.495 e. The van der Waals surface area contributed by atoms with Crippen LogP contribution in [0.15, 0.2) is 18.5 Å². The van der Waals surface area contributed by atoms with Crippen molar-refractivity contribution in [2.75, 3.05) is 20.2 Å². The van der Waals surface area contributed by atoms with Crippen LogP contribution in [0.3, 0.4) is 0 Å². The van der Waals surface area contributed by atoms with Gasteiger partial charge in [-0.05, 0) is 38.4 Å². The van der Waals surface area contributed by atoms with Crippen LogP contribution in [-0.4, -0.2) is 30.3 Å². The third-order valence-corrected chi connectivity index (χ3v) is 2.91. The Hall–Kier alpha value is -1.13. The first-order valence-electron chi connectivity index (χ1n) is 6.38. The van der Waals surface area contributed by atoms with Crippen molar-refractivity contribution in [1.82, 2.24) is 10.3 Å². The van der Waals surface area contributed by atoms with Crippen molar-refractivity contribution in [3.05, 3.63) is 24.0 Å². The van der Waals surface area contributed by atoms with Crippen molar-refractivity contribution in [3.8, 4) is 5.75 Å². The van der Waals surface area contributed by atoms with Gasteiger partial charge in [-0.25, -0.2) is 0 Å². The molecule has 0 radical (unpaired) electrons. The van der Waals surface area contributed by atoms with Crippen LogP contribution in [0.5, 0.6) is 5.75 Å². The second-order valence-corrected chi connectivity index (χ2v) is 5.24. The Kier molecular flexibility index (Phi) is 5.56. The molecule has 0 saturated heterocycles. The van der Waals surface area contributed by atoms with Gasteiger partial charge in [0, 0.05) is 11.8 Å². The van der Waals surface area contributed by atoms with E-state index >= 15 is 0 Å². The molecule has 0 bridgehead atoms. The molecule has 1 unspecified atom stereocenters. The molecule has 0 fully saturated rings. The zero-order valence-corrected chi connectivity index (χ0v) is 11.7. The Labute approximate surface area is 109 Å². The first kappa shape index (κ1) is 14.9. The summed E-state index contributed by atoms with van der Waals surface area (Å²) < 4.78 is 5.12. The molecule has 0 aliphatic rings. The van der Waals surface area contributed by atoms with Gasteiger partial charge < -0.3 is 15.2 Å². The fourth-order valence-electron chi connectivity index (χ4n) is 1.69. The molecule has 1 aromatic heterocycles. The van der Waals surface area contributed by atoms with Crippen LogP contribution >= 0.6 is 0 Å². The standard InChI is InChI=1S/C14H24N2O2/c1-11(2)8-15-6-5-14(3,17)12-7-13(18-4)10-16-9-12/h7,9-11,15,17H,5-6,8H2,1-4H3. The molecule has 0 amide bonds. The maximum absolute atomic E-state index is 10.4. The Morgan fingerprint density at radius 3 is 2.78 bits per heavy atom. The summed E-state index contributed by atoms with van der Waals surface area (Å²) in [6.07, 6.45) is 3.97. The number of nitrogens with zero attached hydrogens (tertiary/aromatic N) is 1. The van der Waals surface area contributed by atoms with E-state index in [1.807, 2.05) is 6.07 Å². The topological polar surface area (TPSA) is 54.4 Å². The highest BCUT2D eigenvalue weighted by atomic mass is 16.5. The maximum atomic E-state index is 10.4. The third-order valence-electron chi connectivity index (χ3n) is 2.91. The minimum atomic E-state index is -0.883. The van der Waals surface area contributed by atoms with E-state index in [1.165, 1.54) is 0 Å². The van der Waals surface area contributed by atoms with Gasteiger partial charge in [0.25, 0.3) is 0 Å². The van der Waals surface area contributed by atoms with E-state index in [1.54, 1.807) is 26.4 Å². The molecule has 1 atom stereocenters. The molecular formula is C14H24N2O2. The van der Waals surface area contributed by atoms with E-state index < -0.39 is 5.60 Å². The number of hydrogen-bond donors (Lipinski definition) is 2. The molecule has 0 spiro atoms. The van der Waals surface area contributed by atoms with E-state index in [-0.39, 0.29) is 0 Å². The Morgan fingerprint density at radius 1 is 1.44 bits per heavy atom. The lowest BCUT2D eigenvalue weighted by Crippen LogP contribution is -2.29. The van der Waals surface area contributed by atoms with Gasteiger partial charge in [-0.15, -0.1) is 0 Å². The van der Waals surface area contributed by atoms with Crippen LogP contribution in [0.4, 0.5) is 0 Å². The normalized spacial score (nSPS) is 14.6. The van der Waals surface area contributed by atoms with Crippen molar-refractivity contribution in [2.45, 2.75) is 32.8 Å². The van der Waals surface area contributed by atoms with E-state index in [0.717, 1.165) is 18.7 Å². The molecule has 4 heteroatoms.